The Hall–Kier alpha value is -3.96. The van der Waals surface area contributed by atoms with Crippen molar-refractivity contribution >= 4 is 27.6 Å². The number of aromatic nitrogens is 1. The van der Waals surface area contributed by atoms with Gasteiger partial charge in [0.05, 0.1) is 4.90 Å². The van der Waals surface area contributed by atoms with Gasteiger partial charge in [0.25, 0.3) is 5.91 Å². The smallest absolute Gasteiger partial charge is 0.319 e. The van der Waals surface area contributed by atoms with Gasteiger partial charge in [0, 0.05) is 31.5 Å². The van der Waals surface area contributed by atoms with E-state index in [0.717, 1.165) is 5.56 Å². The summed E-state index contributed by atoms with van der Waals surface area (Å²) in [6.45, 7) is 0.233. The summed E-state index contributed by atoms with van der Waals surface area (Å²) in [7, 11) is -2.34. The average molecular weight is 455 g/mol. The van der Waals surface area contributed by atoms with Gasteiger partial charge in [0.2, 0.25) is 10.0 Å². The molecule has 0 aliphatic heterocycles. The monoisotopic (exact) mass is 455 g/mol. The van der Waals surface area contributed by atoms with Crippen LogP contribution in [-0.2, 0) is 16.6 Å². The summed E-state index contributed by atoms with van der Waals surface area (Å²) in [5, 5.41) is 12.8. The van der Waals surface area contributed by atoms with Gasteiger partial charge in [0.1, 0.15) is 17.2 Å². The van der Waals surface area contributed by atoms with Crippen LogP contribution in [0.4, 0.5) is 10.5 Å². The zero-order valence-corrected chi connectivity index (χ0v) is 17.8. The van der Waals surface area contributed by atoms with Gasteiger partial charge >= 0.3 is 6.03 Å². The van der Waals surface area contributed by atoms with E-state index in [1.807, 2.05) is 0 Å². The Kier molecular flexibility index (Phi) is 7.03. The molecule has 10 nitrogen and oxygen atoms in total. The highest BCUT2D eigenvalue weighted by atomic mass is 32.2. The summed E-state index contributed by atoms with van der Waals surface area (Å²) in [5.41, 5.74) is 1.35. The first kappa shape index (κ1) is 22.7. The van der Waals surface area contributed by atoms with Gasteiger partial charge in [0.15, 0.2) is 0 Å². The van der Waals surface area contributed by atoms with Crippen molar-refractivity contribution in [2.45, 2.75) is 11.4 Å². The first-order chi connectivity index (χ1) is 15.2. The molecule has 5 N–H and O–H groups in total. The molecule has 0 atom stereocenters. The number of nitrogens with one attached hydrogen (secondary N) is 3. The SMILES string of the molecule is CNC(=O)c1cc(Oc2ccc(CNC(=O)Nc3cccc(S(N)(=O)=O)c3)cc2)ccn1. The number of carbonyl (C=O) groups is 2. The van der Waals surface area contributed by atoms with Crippen LogP contribution in [0, 0.1) is 0 Å². The lowest BCUT2D eigenvalue weighted by Crippen LogP contribution is -2.28. The summed E-state index contributed by atoms with van der Waals surface area (Å²) in [4.78, 5) is 27.6. The van der Waals surface area contributed by atoms with Crippen LogP contribution >= 0.6 is 0 Å². The number of benzene rings is 2. The maximum Gasteiger partial charge on any atom is 0.319 e. The zero-order valence-electron chi connectivity index (χ0n) is 17.0. The van der Waals surface area contributed by atoms with Crippen LogP contribution < -0.4 is 25.8 Å². The third-order valence-corrected chi connectivity index (χ3v) is 5.13. The van der Waals surface area contributed by atoms with E-state index < -0.39 is 16.1 Å². The van der Waals surface area contributed by atoms with E-state index in [2.05, 4.69) is 20.9 Å². The molecule has 0 fully saturated rings. The van der Waals surface area contributed by atoms with Gasteiger partial charge in [-0.2, -0.15) is 0 Å². The van der Waals surface area contributed by atoms with E-state index in [1.165, 1.54) is 37.5 Å². The molecule has 3 amide bonds. The van der Waals surface area contributed by atoms with Crippen LogP contribution in [0.5, 0.6) is 11.5 Å². The molecule has 0 saturated carbocycles. The molecule has 0 spiro atoms. The van der Waals surface area contributed by atoms with Gasteiger partial charge in [-0.1, -0.05) is 18.2 Å². The predicted octanol–water partition coefficient (Wildman–Crippen LogP) is 2.20. The summed E-state index contributed by atoms with van der Waals surface area (Å²) >= 11 is 0. The Bertz CT molecular complexity index is 1230. The molecule has 3 rings (SSSR count). The van der Waals surface area contributed by atoms with E-state index in [0.29, 0.717) is 17.2 Å². The number of pyridine rings is 1. The zero-order chi connectivity index (χ0) is 23.1. The minimum Gasteiger partial charge on any atom is -0.457 e. The van der Waals surface area contributed by atoms with E-state index in [4.69, 9.17) is 9.88 Å². The number of rotatable bonds is 7. The second-order valence-electron chi connectivity index (χ2n) is 6.58. The van der Waals surface area contributed by atoms with E-state index in [-0.39, 0.29) is 23.0 Å². The number of ether oxygens (including phenoxy) is 1. The van der Waals surface area contributed by atoms with Crippen molar-refractivity contribution < 1.29 is 22.7 Å². The number of carbonyl (C=O) groups excluding carboxylic acids is 2. The van der Waals surface area contributed by atoms with E-state index in [9.17, 15) is 18.0 Å². The number of primary sulfonamides is 1. The van der Waals surface area contributed by atoms with Crippen LogP contribution in [-0.4, -0.2) is 32.4 Å². The van der Waals surface area contributed by atoms with Crippen molar-refractivity contribution in [3.8, 4) is 11.5 Å². The van der Waals surface area contributed by atoms with Crippen LogP contribution in [0.2, 0.25) is 0 Å². The molecule has 3 aromatic rings. The summed E-state index contributed by atoms with van der Waals surface area (Å²) in [6.07, 6.45) is 1.48. The van der Waals surface area contributed by atoms with Crippen molar-refractivity contribution in [2.75, 3.05) is 12.4 Å². The molecule has 166 valence electrons. The van der Waals surface area contributed by atoms with Gasteiger partial charge in [-0.3, -0.25) is 9.78 Å². The second kappa shape index (κ2) is 9.90. The van der Waals surface area contributed by atoms with Gasteiger partial charge in [-0.25, -0.2) is 18.4 Å². The minimum atomic E-state index is -3.86. The number of hydrogen-bond donors (Lipinski definition) is 4. The van der Waals surface area contributed by atoms with Gasteiger partial charge in [-0.15, -0.1) is 0 Å². The van der Waals surface area contributed by atoms with Crippen molar-refractivity contribution in [2.24, 2.45) is 5.14 Å². The number of sulfonamides is 1. The van der Waals surface area contributed by atoms with Gasteiger partial charge in [-0.05, 0) is 42.0 Å². The minimum absolute atomic E-state index is 0.0949. The maximum atomic E-state index is 12.1. The Balaban J connectivity index is 1.55. The van der Waals surface area contributed by atoms with Crippen LogP contribution in [0.3, 0.4) is 0 Å². The number of urea groups is 1. The van der Waals surface area contributed by atoms with Crippen molar-refractivity contribution in [3.63, 3.8) is 0 Å². The van der Waals surface area contributed by atoms with Crippen LogP contribution in [0.25, 0.3) is 0 Å². The fourth-order valence-corrected chi connectivity index (χ4v) is 3.21. The molecule has 0 unspecified atom stereocenters. The molecule has 1 heterocycles. The predicted molar refractivity (Wildman–Crippen MR) is 118 cm³/mol. The number of anilines is 1. The molecule has 0 radical (unpaired) electrons. The van der Waals surface area contributed by atoms with Crippen LogP contribution in [0.15, 0.2) is 71.8 Å². The lowest BCUT2D eigenvalue weighted by molar-refractivity contribution is 0.0957. The molecule has 32 heavy (non-hydrogen) atoms. The maximum absolute atomic E-state index is 12.1. The lowest BCUT2D eigenvalue weighted by Gasteiger charge is -2.10. The van der Waals surface area contributed by atoms with Gasteiger partial charge < -0.3 is 20.7 Å². The molecule has 0 bridgehead atoms. The Morgan fingerprint density at radius 1 is 1.03 bits per heavy atom. The fourth-order valence-electron chi connectivity index (χ4n) is 2.65. The fraction of sp³-hybridized carbons (Fsp3) is 0.0952. The van der Waals surface area contributed by atoms with E-state index in [1.54, 1.807) is 36.4 Å². The number of amides is 3. The van der Waals surface area contributed by atoms with Crippen molar-refractivity contribution in [3.05, 3.63) is 78.1 Å². The molecular formula is C21H21N5O5S. The van der Waals surface area contributed by atoms with Crippen LogP contribution in [0.1, 0.15) is 16.1 Å². The Labute approximate surface area is 184 Å². The normalized spacial score (nSPS) is 10.8. The standard InChI is InChI=1S/C21H21N5O5S/c1-23-20(27)19-12-17(9-10-24-19)31-16-7-5-14(6-8-16)13-25-21(28)26-15-3-2-4-18(11-15)32(22,29)30/h2-12H,13H2,1H3,(H,23,27)(H2,22,29,30)(H2,25,26,28). The third-order valence-electron chi connectivity index (χ3n) is 4.22. The molecule has 0 aliphatic carbocycles. The molecule has 11 heteroatoms. The highest BCUT2D eigenvalue weighted by molar-refractivity contribution is 7.89. The molecule has 0 aliphatic rings. The third kappa shape index (κ3) is 6.27. The molecule has 0 saturated heterocycles. The average Bonchev–Trinajstić information content (AvgIpc) is 2.78. The quantitative estimate of drug-likeness (QED) is 0.428. The first-order valence-corrected chi connectivity index (χ1v) is 10.9. The molecule has 1 aromatic heterocycles. The van der Waals surface area contributed by atoms with E-state index >= 15 is 0 Å². The lowest BCUT2D eigenvalue weighted by atomic mass is 10.2. The second-order valence-corrected chi connectivity index (χ2v) is 8.14. The van der Waals surface area contributed by atoms with Crippen molar-refractivity contribution in [1.82, 2.24) is 15.6 Å². The highest BCUT2D eigenvalue weighted by Gasteiger charge is 2.10. The summed E-state index contributed by atoms with van der Waals surface area (Å²) < 4.78 is 28.5. The molecule has 2 aromatic carbocycles. The summed E-state index contributed by atoms with van der Waals surface area (Å²) in [5.74, 6) is 0.698. The highest BCUT2D eigenvalue weighted by Crippen LogP contribution is 2.22. The number of nitrogens with zero attached hydrogens (tertiary/aromatic N) is 1. The first-order valence-electron chi connectivity index (χ1n) is 9.37. The Morgan fingerprint density at radius 3 is 2.47 bits per heavy atom. The molecular weight excluding hydrogens is 434 g/mol. The summed E-state index contributed by atoms with van der Waals surface area (Å²) in [6, 6.07) is 15.3. The van der Waals surface area contributed by atoms with Crippen molar-refractivity contribution in [1.29, 1.82) is 0 Å². The Morgan fingerprint density at radius 2 is 1.78 bits per heavy atom. The topological polar surface area (TPSA) is 153 Å². The number of nitrogens with two attached hydrogens (primary N) is 1. The largest absolute Gasteiger partial charge is 0.457 e. The number of hydrogen-bond acceptors (Lipinski definition) is 6.